The van der Waals surface area contributed by atoms with Crippen LogP contribution >= 0.6 is 0 Å². The van der Waals surface area contributed by atoms with Crippen molar-refractivity contribution in [2.75, 3.05) is 6.61 Å². The van der Waals surface area contributed by atoms with Crippen molar-refractivity contribution < 1.29 is 31.5 Å². The van der Waals surface area contributed by atoms with Gasteiger partial charge in [0, 0.05) is 18.4 Å². The summed E-state index contributed by atoms with van der Waals surface area (Å²) in [6.45, 7) is -0.684. The zero-order valence-electron chi connectivity index (χ0n) is 14.6. The van der Waals surface area contributed by atoms with E-state index in [4.69, 9.17) is 4.74 Å². The zero-order valence-corrected chi connectivity index (χ0v) is 14.6. The highest BCUT2D eigenvalue weighted by Gasteiger charge is 2.38. The minimum Gasteiger partial charge on any atom is -0.368 e. The third kappa shape index (κ3) is 4.30. The van der Waals surface area contributed by atoms with Crippen LogP contribution in [-0.2, 0) is 22.4 Å². The summed E-state index contributed by atoms with van der Waals surface area (Å²) in [5.41, 5.74) is -1.74. The van der Waals surface area contributed by atoms with E-state index in [0.717, 1.165) is 30.5 Å². The molecule has 1 aromatic heterocycles. The summed E-state index contributed by atoms with van der Waals surface area (Å²) >= 11 is 0. The van der Waals surface area contributed by atoms with E-state index in [9.17, 15) is 26.7 Å². The van der Waals surface area contributed by atoms with Crippen molar-refractivity contribution in [1.82, 2.24) is 10.3 Å². The molecule has 1 amide bonds. The molecule has 9 heteroatoms. The zero-order chi connectivity index (χ0) is 20.3. The number of benzene rings is 1. The predicted molar refractivity (Wildman–Crippen MR) is 89.4 cm³/mol. The highest BCUT2D eigenvalue weighted by molar-refractivity contribution is 5.81. The number of alkyl halides is 4. The lowest BCUT2D eigenvalue weighted by Gasteiger charge is -2.24. The maximum Gasteiger partial charge on any atom is 0.418 e. The second kappa shape index (κ2) is 8.22. The van der Waals surface area contributed by atoms with E-state index in [1.165, 1.54) is 6.07 Å². The van der Waals surface area contributed by atoms with Crippen molar-refractivity contribution in [2.45, 2.75) is 37.8 Å². The number of amides is 1. The molecule has 2 atom stereocenters. The fourth-order valence-electron chi connectivity index (χ4n) is 3.07. The molecule has 0 bridgehead atoms. The van der Waals surface area contributed by atoms with E-state index in [2.05, 4.69) is 10.3 Å². The Morgan fingerprint density at radius 2 is 2.11 bits per heavy atom. The standard InChI is InChI=1S/C19H17F5N2O2/c20-10-12-6-5-11(9-14(12)21)16(26-18(27)15-4-2-8-28-15)17-13(19(22,23)24)3-1-7-25-17/h1,3,5-7,9,15-16H,2,4,8,10H2,(H,26,27)/t15-,16+/m1/s1. The van der Waals surface area contributed by atoms with Gasteiger partial charge in [0.05, 0.1) is 17.3 Å². The van der Waals surface area contributed by atoms with E-state index in [1.54, 1.807) is 0 Å². The molecule has 150 valence electrons. The van der Waals surface area contributed by atoms with Gasteiger partial charge in [-0.15, -0.1) is 0 Å². The SMILES string of the molecule is O=C(N[C@@H](c1ccc(CF)c(F)c1)c1ncccc1C(F)(F)F)[C@H]1CCCO1. The molecule has 3 rings (SSSR count). The Hall–Kier alpha value is -2.55. The Labute approximate surface area is 157 Å². The van der Waals surface area contributed by atoms with Crippen LogP contribution in [0.1, 0.15) is 41.3 Å². The van der Waals surface area contributed by atoms with Gasteiger partial charge in [-0.2, -0.15) is 13.2 Å². The molecule has 2 aromatic rings. The summed E-state index contributed by atoms with van der Waals surface area (Å²) in [4.78, 5) is 16.3. The quantitative estimate of drug-likeness (QED) is 0.770. The van der Waals surface area contributed by atoms with Crippen LogP contribution in [0, 0.1) is 5.82 Å². The van der Waals surface area contributed by atoms with Gasteiger partial charge in [-0.25, -0.2) is 8.78 Å². The van der Waals surface area contributed by atoms with Crippen molar-refractivity contribution in [3.05, 3.63) is 64.7 Å². The van der Waals surface area contributed by atoms with Gasteiger partial charge >= 0.3 is 6.18 Å². The van der Waals surface area contributed by atoms with Gasteiger partial charge in [0.1, 0.15) is 18.6 Å². The smallest absolute Gasteiger partial charge is 0.368 e. The number of hydrogen-bond acceptors (Lipinski definition) is 3. The maximum atomic E-state index is 14.1. The molecule has 0 aliphatic carbocycles. The van der Waals surface area contributed by atoms with Gasteiger partial charge in [0.25, 0.3) is 0 Å². The molecular weight excluding hydrogens is 383 g/mol. The number of aromatic nitrogens is 1. The monoisotopic (exact) mass is 400 g/mol. The number of pyridine rings is 1. The first-order valence-corrected chi connectivity index (χ1v) is 8.59. The first kappa shape index (κ1) is 20.2. The highest BCUT2D eigenvalue weighted by atomic mass is 19.4. The molecule has 4 nitrogen and oxygen atoms in total. The molecule has 1 N–H and O–H groups in total. The molecule has 1 fully saturated rings. The summed E-state index contributed by atoms with van der Waals surface area (Å²) in [6.07, 6.45) is -3.28. The number of hydrogen-bond donors (Lipinski definition) is 1. The predicted octanol–water partition coefficient (Wildman–Crippen LogP) is 4.09. The molecule has 2 heterocycles. The fraction of sp³-hybridized carbons (Fsp3) is 0.368. The third-order valence-electron chi connectivity index (χ3n) is 4.48. The minimum absolute atomic E-state index is 0.0187. The molecule has 0 spiro atoms. The highest BCUT2D eigenvalue weighted by Crippen LogP contribution is 2.36. The lowest BCUT2D eigenvalue weighted by atomic mass is 9.97. The second-order valence-electron chi connectivity index (χ2n) is 6.36. The Balaban J connectivity index is 2.05. The largest absolute Gasteiger partial charge is 0.418 e. The summed E-state index contributed by atoms with van der Waals surface area (Å²) in [7, 11) is 0. The average Bonchev–Trinajstić information content (AvgIpc) is 3.20. The molecule has 0 radical (unpaired) electrons. The summed E-state index contributed by atoms with van der Waals surface area (Å²) in [5.74, 6) is -1.53. The van der Waals surface area contributed by atoms with Gasteiger partial charge in [-0.05, 0) is 36.6 Å². The van der Waals surface area contributed by atoms with Crippen molar-refractivity contribution in [1.29, 1.82) is 0 Å². The summed E-state index contributed by atoms with van der Waals surface area (Å²) in [5, 5.41) is 2.48. The Morgan fingerprint density at radius 1 is 1.32 bits per heavy atom. The van der Waals surface area contributed by atoms with Crippen molar-refractivity contribution in [3.8, 4) is 0 Å². The van der Waals surface area contributed by atoms with Crippen LogP contribution in [0.4, 0.5) is 22.0 Å². The molecular formula is C19H17F5N2O2. The van der Waals surface area contributed by atoms with E-state index < -0.39 is 48.0 Å². The molecule has 1 aromatic carbocycles. The van der Waals surface area contributed by atoms with Crippen LogP contribution in [0.25, 0.3) is 0 Å². The average molecular weight is 400 g/mol. The maximum absolute atomic E-state index is 14.1. The lowest BCUT2D eigenvalue weighted by molar-refractivity contribution is -0.139. The number of nitrogens with zero attached hydrogens (tertiary/aromatic N) is 1. The number of carbonyl (C=O) groups excluding carboxylic acids is 1. The van der Waals surface area contributed by atoms with E-state index in [0.29, 0.717) is 19.4 Å². The summed E-state index contributed by atoms with van der Waals surface area (Å²) < 4.78 is 72.5. The normalized spacial score (nSPS) is 18.1. The van der Waals surface area contributed by atoms with Crippen LogP contribution in [0.3, 0.4) is 0 Å². The Morgan fingerprint density at radius 3 is 2.71 bits per heavy atom. The number of carbonyl (C=O) groups is 1. The van der Waals surface area contributed by atoms with Crippen molar-refractivity contribution in [3.63, 3.8) is 0 Å². The second-order valence-corrected chi connectivity index (χ2v) is 6.36. The fourth-order valence-corrected chi connectivity index (χ4v) is 3.07. The number of halogens is 5. The van der Waals surface area contributed by atoms with E-state index in [-0.39, 0.29) is 11.1 Å². The molecule has 1 aliphatic heterocycles. The number of rotatable bonds is 5. The van der Waals surface area contributed by atoms with Gasteiger partial charge < -0.3 is 10.1 Å². The van der Waals surface area contributed by atoms with Crippen LogP contribution in [-0.4, -0.2) is 23.6 Å². The third-order valence-corrected chi connectivity index (χ3v) is 4.48. The number of nitrogens with one attached hydrogen (secondary N) is 1. The topological polar surface area (TPSA) is 51.2 Å². The van der Waals surface area contributed by atoms with Crippen LogP contribution < -0.4 is 5.32 Å². The first-order valence-electron chi connectivity index (χ1n) is 8.59. The van der Waals surface area contributed by atoms with Crippen LogP contribution in [0.5, 0.6) is 0 Å². The number of ether oxygens (including phenoxy) is 1. The molecule has 28 heavy (non-hydrogen) atoms. The first-order chi connectivity index (χ1) is 13.3. The van der Waals surface area contributed by atoms with Crippen LogP contribution in [0.2, 0.25) is 0 Å². The molecule has 0 saturated carbocycles. The summed E-state index contributed by atoms with van der Waals surface area (Å²) in [6, 6.07) is 3.89. The lowest BCUT2D eigenvalue weighted by Crippen LogP contribution is -2.38. The van der Waals surface area contributed by atoms with Crippen LogP contribution in [0.15, 0.2) is 36.5 Å². The minimum atomic E-state index is -4.73. The van der Waals surface area contributed by atoms with E-state index in [1.807, 2.05) is 0 Å². The molecule has 1 saturated heterocycles. The van der Waals surface area contributed by atoms with Gasteiger partial charge in [-0.3, -0.25) is 9.78 Å². The molecule has 1 aliphatic rings. The Kier molecular flexibility index (Phi) is 5.93. The van der Waals surface area contributed by atoms with Gasteiger partial charge in [0.15, 0.2) is 0 Å². The van der Waals surface area contributed by atoms with Crippen molar-refractivity contribution in [2.24, 2.45) is 0 Å². The van der Waals surface area contributed by atoms with Gasteiger partial charge in [-0.1, -0.05) is 12.1 Å². The Bertz CT molecular complexity index is 850. The molecule has 0 unspecified atom stereocenters. The van der Waals surface area contributed by atoms with Gasteiger partial charge in [0.2, 0.25) is 5.91 Å². The van der Waals surface area contributed by atoms with E-state index >= 15 is 0 Å². The van der Waals surface area contributed by atoms with Crippen molar-refractivity contribution >= 4 is 5.91 Å².